The van der Waals surface area contributed by atoms with Gasteiger partial charge in [0.25, 0.3) is 5.91 Å². The molecule has 1 heterocycles. The summed E-state index contributed by atoms with van der Waals surface area (Å²) in [7, 11) is 0. The number of carbonyl (C=O) groups is 2. The SMILES string of the molecule is Cc1ccc2c(c1)N(C(=O)COC(=O)c1ccc(F)cc1)CCO2. The Bertz CT molecular complexity index is 773. The van der Waals surface area contributed by atoms with Gasteiger partial charge in [0, 0.05) is 0 Å². The van der Waals surface area contributed by atoms with E-state index in [0.29, 0.717) is 24.6 Å². The van der Waals surface area contributed by atoms with Crippen molar-refractivity contribution in [1.29, 1.82) is 0 Å². The molecule has 2 aromatic carbocycles. The van der Waals surface area contributed by atoms with Crippen LogP contribution in [0.1, 0.15) is 15.9 Å². The summed E-state index contributed by atoms with van der Waals surface area (Å²) in [5, 5.41) is 0. The van der Waals surface area contributed by atoms with Crippen LogP contribution in [0.4, 0.5) is 10.1 Å². The van der Waals surface area contributed by atoms with Crippen LogP contribution in [0.3, 0.4) is 0 Å². The first-order valence-electron chi connectivity index (χ1n) is 7.51. The van der Waals surface area contributed by atoms with Gasteiger partial charge >= 0.3 is 5.97 Å². The third kappa shape index (κ3) is 3.37. The molecule has 0 aliphatic carbocycles. The van der Waals surface area contributed by atoms with Gasteiger partial charge in [0.05, 0.1) is 17.8 Å². The van der Waals surface area contributed by atoms with Gasteiger partial charge in [-0.1, -0.05) is 6.07 Å². The van der Waals surface area contributed by atoms with Crippen molar-refractivity contribution >= 4 is 17.6 Å². The molecule has 1 amide bonds. The van der Waals surface area contributed by atoms with Crippen molar-refractivity contribution in [3.05, 3.63) is 59.4 Å². The number of esters is 1. The molecular weight excluding hydrogens is 313 g/mol. The summed E-state index contributed by atoms with van der Waals surface area (Å²) in [6, 6.07) is 10.5. The molecule has 3 rings (SSSR count). The first-order chi connectivity index (χ1) is 11.5. The van der Waals surface area contributed by atoms with Crippen LogP contribution in [0.2, 0.25) is 0 Å². The van der Waals surface area contributed by atoms with Crippen LogP contribution in [-0.4, -0.2) is 31.6 Å². The van der Waals surface area contributed by atoms with E-state index in [0.717, 1.165) is 5.56 Å². The monoisotopic (exact) mass is 329 g/mol. The Hall–Kier alpha value is -2.89. The number of hydrogen-bond acceptors (Lipinski definition) is 4. The topological polar surface area (TPSA) is 55.8 Å². The lowest BCUT2D eigenvalue weighted by atomic mass is 10.1. The second-order valence-corrected chi connectivity index (χ2v) is 5.45. The summed E-state index contributed by atoms with van der Waals surface area (Å²) >= 11 is 0. The third-order valence-corrected chi connectivity index (χ3v) is 3.69. The number of nitrogens with zero attached hydrogens (tertiary/aromatic N) is 1. The summed E-state index contributed by atoms with van der Waals surface area (Å²) in [6.45, 7) is 2.31. The van der Waals surface area contributed by atoms with E-state index in [1.54, 1.807) is 4.90 Å². The van der Waals surface area contributed by atoms with Crippen molar-refractivity contribution in [2.75, 3.05) is 24.7 Å². The van der Waals surface area contributed by atoms with E-state index in [1.165, 1.54) is 24.3 Å². The number of ether oxygens (including phenoxy) is 2. The third-order valence-electron chi connectivity index (χ3n) is 3.69. The molecule has 5 nitrogen and oxygen atoms in total. The molecule has 0 bridgehead atoms. The molecule has 0 N–H and O–H groups in total. The zero-order valence-electron chi connectivity index (χ0n) is 13.1. The molecule has 0 saturated carbocycles. The lowest BCUT2D eigenvalue weighted by Crippen LogP contribution is -2.40. The number of amides is 1. The smallest absolute Gasteiger partial charge is 0.338 e. The Kier molecular flexibility index (Phi) is 4.46. The Balaban J connectivity index is 1.67. The lowest BCUT2D eigenvalue weighted by Gasteiger charge is -2.29. The van der Waals surface area contributed by atoms with Crippen molar-refractivity contribution in [3.63, 3.8) is 0 Å². The van der Waals surface area contributed by atoms with Crippen LogP contribution >= 0.6 is 0 Å². The molecule has 0 unspecified atom stereocenters. The summed E-state index contributed by atoms with van der Waals surface area (Å²) in [4.78, 5) is 25.8. The molecule has 1 aliphatic rings. The average Bonchev–Trinajstić information content (AvgIpc) is 2.59. The molecule has 1 aliphatic heterocycles. The number of halogens is 1. The summed E-state index contributed by atoms with van der Waals surface area (Å²) < 4.78 is 23.4. The highest BCUT2D eigenvalue weighted by Crippen LogP contribution is 2.32. The molecule has 24 heavy (non-hydrogen) atoms. The minimum Gasteiger partial charge on any atom is -0.490 e. The van der Waals surface area contributed by atoms with E-state index in [-0.39, 0.29) is 18.1 Å². The van der Waals surface area contributed by atoms with Crippen LogP contribution < -0.4 is 9.64 Å². The van der Waals surface area contributed by atoms with Gasteiger partial charge in [-0.25, -0.2) is 9.18 Å². The van der Waals surface area contributed by atoms with Gasteiger partial charge in [0.15, 0.2) is 6.61 Å². The molecular formula is C18H16FNO4. The molecule has 0 saturated heterocycles. The second kappa shape index (κ2) is 6.70. The van der Waals surface area contributed by atoms with Crippen LogP contribution in [0.25, 0.3) is 0 Å². The standard InChI is InChI=1S/C18H16FNO4/c1-12-2-7-16-15(10-12)20(8-9-23-16)17(21)11-24-18(22)13-3-5-14(19)6-4-13/h2-7,10H,8-9,11H2,1H3. The Morgan fingerprint density at radius 3 is 2.71 bits per heavy atom. The first kappa shape index (κ1) is 16.0. The fourth-order valence-electron chi connectivity index (χ4n) is 2.46. The highest BCUT2D eigenvalue weighted by atomic mass is 19.1. The van der Waals surface area contributed by atoms with E-state index in [9.17, 15) is 14.0 Å². The van der Waals surface area contributed by atoms with E-state index >= 15 is 0 Å². The van der Waals surface area contributed by atoms with Gasteiger partial charge in [0.1, 0.15) is 18.2 Å². The van der Waals surface area contributed by atoms with E-state index < -0.39 is 11.8 Å². The molecule has 0 fully saturated rings. The summed E-state index contributed by atoms with van der Waals surface area (Å²) in [5.74, 6) is -0.810. The minimum atomic E-state index is -0.666. The van der Waals surface area contributed by atoms with Crippen LogP contribution in [0.15, 0.2) is 42.5 Å². The van der Waals surface area contributed by atoms with E-state index in [2.05, 4.69) is 0 Å². The fraction of sp³-hybridized carbons (Fsp3) is 0.222. The molecule has 0 radical (unpaired) electrons. The van der Waals surface area contributed by atoms with Gasteiger partial charge in [-0.3, -0.25) is 4.79 Å². The number of hydrogen-bond donors (Lipinski definition) is 0. The average molecular weight is 329 g/mol. The maximum Gasteiger partial charge on any atom is 0.338 e. The minimum absolute atomic E-state index is 0.197. The van der Waals surface area contributed by atoms with Gasteiger partial charge in [0.2, 0.25) is 0 Å². The van der Waals surface area contributed by atoms with Crippen molar-refractivity contribution in [2.45, 2.75) is 6.92 Å². The van der Waals surface area contributed by atoms with Gasteiger partial charge < -0.3 is 14.4 Å². The number of rotatable bonds is 3. The van der Waals surface area contributed by atoms with Crippen molar-refractivity contribution in [1.82, 2.24) is 0 Å². The van der Waals surface area contributed by atoms with Crippen molar-refractivity contribution in [2.24, 2.45) is 0 Å². The van der Waals surface area contributed by atoms with Crippen molar-refractivity contribution in [3.8, 4) is 5.75 Å². The number of carbonyl (C=O) groups excluding carboxylic acids is 2. The zero-order chi connectivity index (χ0) is 17.1. The Labute approximate surface area is 138 Å². The second-order valence-electron chi connectivity index (χ2n) is 5.45. The number of benzene rings is 2. The van der Waals surface area contributed by atoms with E-state index in [1.807, 2.05) is 25.1 Å². The molecule has 6 heteroatoms. The van der Waals surface area contributed by atoms with Gasteiger partial charge in [-0.05, 0) is 48.9 Å². The molecule has 124 valence electrons. The molecule has 0 spiro atoms. The highest BCUT2D eigenvalue weighted by molar-refractivity contribution is 5.98. The summed E-state index contributed by atoms with van der Waals surface area (Å²) in [6.07, 6.45) is 0. The predicted molar refractivity (Wildman–Crippen MR) is 85.7 cm³/mol. The maximum atomic E-state index is 12.9. The fourth-order valence-corrected chi connectivity index (χ4v) is 2.46. The number of fused-ring (bicyclic) bond motifs is 1. The first-order valence-corrected chi connectivity index (χ1v) is 7.51. The number of aryl methyl sites for hydroxylation is 1. The van der Waals surface area contributed by atoms with Gasteiger partial charge in [-0.15, -0.1) is 0 Å². The van der Waals surface area contributed by atoms with E-state index in [4.69, 9.17) is 9.47 Å². The quantitative estimate of drug-likeness (QED) is 0.813. The van der Waals surface area contributed by atoms with Crippen LogP contribution in [-0.2, 0) is 9.53 Å². The molecule has 2 aromatic rings. The lowest BCUT2D eigenvalue weighted by molar-refractivity contribution is -0.121. The highest BCUT2D eigenvalue weighted by Gasteiger charge is 2.24. The summed E-state index contributed by atoms with van der Waals surface area (Å²) in [5.41, 5.74) is 1.87. The predicted octanol–water partition coefficient (Wildman–Crippen LogP) is 2.72. The van der Waals surface area contributed by atoms with Crippen molar-refractivity contribution < 1.29 is 23.5 Å². The zero-order valence-corrected chi connectivity index (χ0v) is 13.1. The molecule has 0 atom stereocenters. The largest absolute Gasteiger partial charge is 0.490 e. The number of anilines is 1. The normalized spacial score (nSPS) is 13.0. The maximum absolute atomic E-state index is 12.9. The van der Waals surface area contributed by atoms with Gasteiger partial charge in [-0.2, -0.15) is 0 Å². The van der Waals surface area contributed by atoms with Crippen LogP contribution in [0.5, 0.6) is 5.75 Å². The molecule has 0 aromatic heterocycles. The Morgan fingerprint density at radius 2 is 1.96 bits per heavy atom. The Morgan fingerprint density at radius 1 is 1.21 bits per heavy atom. The van der Waals surface area contributed by atoms with Crippen LogP contribution in [0, 0.1) is 12.7 Å².